The number of halogens is 1. The average molecular weight is 364 g/mol. The molecule has 3 heterocycles. The van der Waals surface area contributed by atoms with Gasteiger partial charge in [0.2, 0.25) is 0 Å². The van der Waals surface area contributed by atoms with E-state index in [0.29, 0.717) is 10.1 Å². The summed E-state index contributed by atoms with van der Waals surface area (Å²) in [6.45, 7) is 4.49. The second-order valence-electron chi connectivity index (χ2n) is 5.81. The highest BCUT2D eigenvalue weighted by atomic mass is 35.5. The van der Waals surface area contributed by atoms with Gasteiger partial charge in [-0.3, -0.25) is 4.90 Å². The number of piperazine rings is 1. The summed E-state index contributed by atoms with van der Waals surface area (Å²) in [5.74, 6) is 2.35. The zero-order valence-electron chi connectivity index (χ0n) is 13.1. The molecule has 2 aliphatic rings. The standard InChI is InChI=1S/C17H18ClN3O2S/c18-16-15-12(11-24-16)17(19-13-3-1-2-4-14(13)23-15)21-7-5-20(6-8-21)9-10-22/h1-4,11,22H,5-10H2. The van der Waals surface area contributed by atoms with Crippen molar-refractivity contribution in [2.75, 3.05) is 39.3 Å². The van der Waals surface area contributed by atoms with Gasteiger partial charge in [-0.25, -0.2) is 4.99 Å². The molecule has 1 aromatic carbocycles. The van der Waals surface area contributed by atoms with Crippen LogP contribution in [0.4, 0.5) is 5.69 Å². The Morgan fingerprint density at radius 1 is 1.21 bits per heavy atom. The van der Waals surface area contributed by atoms with Gasteiger partial charge in [0, 0.05) is 38.1 Å². The first-order chi connectivity index (χ1) is 11.8. The van der Waals surface area contributed by atoms with Crippen LogP contribution in [0, 0.1) is 0 Å². The van der Waals surface area contributed by atoms with E-state index >= 15 is 0 Å². The summed E-state index contributed by atoms with van der Waals surface area (Å²) >= 11 is 7.82. The van der Waals surface area contributed by atoms with Gasteiger partial charge >= 0.3 is 0 Å². The molecule has 5 nitrogen and oxygen atoms in total. The molecular weight excluding hydrogens is 346 g/mol. The number of amidine groups is 1. The zero-order chi connectivity index (χ0) is 16.5. The van der Waals surface area contributed by atoms with Gasteiger partial charge in [0.1, 0.15) is 15.9 Å². The monoisotopic (exact) mass is 363 g/mol. The fourth-order valence-electron chi connectivity index (χ4n) is 3.06. The van der Waals surface area contributed by atoms with Gasteiger partial charge in [0.25, 0.3) is 0 Å². The van der Waals surface area contributed by atoms with E-state index in [2.05, 4.69) is 9.80 Å². The van der Waals surface area contributed by atoms with Gasteiger partial charge in [-0.05, 0) is 12.1 Å². The lowest BCUT2D eigenvalue weighted by atomic mass is 10.2. The van der Waals surface area contributed by atoms with Crippen molar-refractivity contribution in [2.24, 2.45) is 4.99 Å². The van der Waals surface area contributed by atoms with Crippen LogP contribution in [0.2, 0.25) is 4.34 Å². The summed E-state index contributed by atoms with van der Waals surface area (Å²) < 4.78 is 6.69. The summed E-state index contributed by atoms with van der Waals surface area (Å²) in [6.07, 6.45) is 0. The van der Waals surface area contributed by atoms with Crippen molar-refractivity contribution < 1.29 is 9.84 Å². The SMILES string of the molecule is OCCN1CCN(C2=Nc3ccccc3Oc3c2csc3Cl)CC1. The maximum absolute atomic E-state index is 9.10. The fourth-order valence-corrected chi connectivity index (χ4v) is 4.03. The van der Waals surface area contributed by atoms with E-state index in [4.69, 9.17) is 26.4 Å². The van der Waals surface area contributed by atoms with E-state index < -0.39 is 0 Å². The predicted octanol–water partition coefficient (Wildman–Crippen LogP) is 3.20. The molecule has 2 aromatic rings. The number of ether oxygens (including phenoxy) is 1. The molecule has 126 valence electrons. The molecule has 1 aromatic heterocycles. The lowest BCUT2D eigenvalue weighted by molar-refractivity contribution is 0.147. The molecule has 1 saturated heterocycles. The van der Waals surface area contributed by atoms with E-state index in [0.717, 1.165) is 55.6 Å². The fraction of sp³-hybridized carbons (Fsp3) is 0.353. The number of aliphatic hydroxyl groups is 1. The number of rotatable bonds is 2. The smallest absolute Gasteiger partial charge is 0.167 e. The minimum atomic E-state index is 0.201. The number of para-hydroxylation sites is 2. The summed E-state index contributed by atoms with van der Waals surface area (Å²) in [5.41, 5.74) is 1.78. The number of β-amino-alcohol motifs (C(OH)–C–C–N with tert-alkyl or cyclic N) is 1. The first-order valence-corrected chi connectivity index (χ1v) is 9.23. The van der Waals surface area contributed by atoms with Crippen molar-refractivity contribution in [3.05, 3.63) is 39.5 Å². The molecule has 0 unspecified atom stereocenters. The topological polar surface area (TPSA) is 48.3 Å². The largest absolute Gasteiger partial charge is 0.452 e. The Hall–Kier alpha value is -1.60. The number of nitrogens with zero attached hydrogens (tertiary/aromatic N) is 3. The third-order valence-electron chi connectivity index (χ3n) is 4.34. The molecule has 1 N–H and O–H groups in total. The van der Waals surface area contributed by atoms with Gasteiger partial charge in [-0.1, -0.05) is 23.7 Å². The highest BCUT2D eigenvalue weighted by molar-refractivity contribution is 7.15. The minimum Gasteiger partial charge on any atom is -0.452 e. The lowest BCUT2D eigenvalue weighted by Gasteiger charge is -2.36. The second-order valence-corrected chi connectivity index (χ2v) is 7.29. The van der Waals surface area contributed by atoms with Gasteiger partial charge in [0.05, 0.1) is 12.2 Å². The zero-order valence-corrected chi connectivity index (χ0v) is 14.7. The molecule has 0 radical (unpaired) electrons. The molecule has 0 saturated carbocycles. The molecule has 1 fully saturated rings. The molecule has 0 amide bonds. The van der Waals surface area contributed by atoms with Gasteiger partial charge in [-0.2, -0.15) is 0 Å². The molecule has 4 rings (SSSR count). The molecule has 0 bridgehead atoms. The van der Waals surface area contributed by atoms with E-state index in [-0.39, 0.29) is 6.61 Å². The lowest BCUT2D eigenvalue weighted by Crippen LogP contribution is -2.49. The van der Waals surface area contributed by atoms with Crippen LogP contribution < -0.4 is 4.74 Å². The van der Waals surface area contributed by atoms with Crippen molar-refractivity contribution in [3.8, 4) is 11.5 Å². The Morgan fingerprint density at radius 3 is 2.79 bits per heavy atom. The number of benzene rings is 1. The second kappa shape index (κ2) is 6.72. The van der Waals surface area contributed by atoms with E-state index in [1.807, 2.05) is 29.6 Å². The Morgan fingerprint density at radius 2 is 2.00 bits per heavy atom. The van der Waals surface area contributed by atoms with Crippen molar-refractivity contribution >= 4 is 34.5 Å². The molecule has 0 aliphatic carbocycles. The Labute approximate surface area is 149 Å². The van der Waals surface area contributed by atoms with E-state index in [1.54, 1.807) is 0 Å². The summed E-state index contributed by atoms with van der Waals surface area (Å²) in [6, 6.07) is 7.77. The summed E-state index contributed by atoms with van der Waals surface area (Å²) in [5, 5.41) is 11.1. The van der Waals surface area contributed by atoms with Crippen LogP contribution in [-0.2, 0) is 0 Å². The van der Waals surface area contributed by atoms with Crippen molar-refractivity contribution in [3.63, 3.8) is 0 Å². The van der Waals surface area contributed by atoms with Crippen LogP contribution in [0.5, 0.6) is 11.5 Å². The Kier molecular flexibility index (Phi) is 4.45. The third kappa shape index (κ3) is 2.91. The number of thiophene rings is 1. The van der Waals surface area contributed by atoms with Crippen LogP contribution in [0.15, 0.2) is 34.6 Å². The summed E-state index contributed by atoms with van der Waals surface area (Å²) in [4.78, 5) is 9.43. The number of aliphatic hydroxyl groups excluding tert-OH is 1. The Balaban J connectivity index is 1.69. The van der Waals surface area contributed by atoms with Crippen molar-refractivity contribution in [1.29, 1.82) is 0 Å². The number of fused-ring (bicyclic) bond motifs is 2. The van der Waals surface area contributed by atoms with Crippen LogP contribution in [0.25, 0.3) is 0 Å². The Bertz CT molecular complexity index is 769. The van der Waals surface area contributed by atoms with Crippen molar-refractivity contribution in [1.82, 2.24) is 9.80 Å². The third-order valence-corrected chi connectivity index (χ3v) is 5.52. The molecular formula is C17H18ClN3O2S. The maximum atomic E-state index is 9.10. The van der Waals surface area contributed by atoms with Crippen molar-refractivity contribution in [2.45, 2.75) is 0 Å². The summed E-state index contributed by atoms with van der Waals surface area (Å²) in [7, 11) is 0. The van der Waals surface area contributed by atoms with E-state index in [1.165, 1.54) is 11.3 Å². The highest BCUT2D eigenvalue weighted by Crippen LogP contribution is 2.44. The van der Waals surface area contributed by atoms with Gasteiger partial charge in [0.15, 0.2) is 11.5 Å². The first kappa shape index (κ1) is 15.9. The first-order valence-electron chi connectivity index (χ1n) is 7.97. The molecule has 7 heteroatoms. The molecule has 24 heavy (non-hydrogen) atoms. The quantitative estimate of drug-likeness (QED) is 0.890. The normalized spacial score (nSPS) is 17.6. The van der Waals surface area contributed by atoms with Crippen LogP contribution >= 0.6 is 22.9 Å². The number of hydrogen-bond acceptors (Lipinski definition) is 6. The molecule has 0 spiro atoms. The van der Waals surface area contributed by atoms with E-state index in [9.17, 15) is 0 Å². The molecule has 2 aliphatic heterocycles. The number of aliphatic imine (C=N–C) groups is 1. The minimum absolute atomic E-state index is 0.201. The van der Waals surface area contributed by atoms with Gasteiger partial charge in [-0.15, -0.1) is 11.3 Å². The maximum Gasteiger partial charge on any atom is 0.167 e. The van der Waals surface area contributed by atoms with Crippen LogP contribution in [0.3, 0.4) is 0 Å². The number of hydrogen-bond donors (Lipinski definition) is 1. The average Bonchev–Trinajstić information content (AvgIpc) is 2.87. The predicted molar refractivity (Wildman–Crippen MR) is 97.1 cm³/mol. The highest BCUT2D eigenvalue weighted by Gasteiger charge is 2.28. The van der Waals surface area contributed by atoms with Gasteiger partial charge < -0.3 is 14.7 Å². The van der Waals surface area contributed by atoms with Crippen LogP contribution in [0.1, 0.15) is 5.56 Å². The van der Waals surface area contributed by atoms with Crippen LogP contribution in [-0.4, -0.2) is 60.1 Å². The molecule has 0 atom stereocenters.